The Morgan fingerprint density at radius 1 is 0.737 bits per heavy atom. The Balaban J connectivity index is 0.00000179. The molecule has 0 saturated heterocycles. The molecule has 38 heavy (non-hydrogen) atoms. The molecule has 0 aliphatic rings. The van der Waals surface area contributed by atoms with Gasteiger partial charge in [-0.1, -0.05) is 124 Å². The van der Waals surface area contributed by atoms with E-state index in [4.69, 9.17) is 5.11 Å². The standard InChI is InChI=1S/C30H37N.C2H7N.C2H6.CH4O/c1-5-29(4,26-19-17-25(3)18-20-26)21-23-31-24-22-30(6-2,27-13-9-7-10-14-27)28-15-11-8-12-16-28;1-3-2;2*1-2/h6-20,31H,2,5,21-24H2,1,3-4H3;3H,1-2H3;1-2H3;2H,1H3. The number of rotatable bonds is 11. The molecule has 0 bridgehead atoms. The van der Waals surface area contributed by atoms with Crippen LogP contribution < -0.4 is 10.6 Å². The smallest absolute Gasteiger partial charge is 0.0391 e. The maximum Gasteiger partial charge on any atom is 0.0391 e. The average molecular weight is 519 g/mol. The number of hydrogen-bond donors (Lipinski definition) is 3. The lowest BCUT2D eigenvalue weighted by atomic mass is 9.72. The largest absolute Gasteiger partial charge is 0.400 e. The molecule has 1 atom stereocenters. The van der Waals surface area contributed by atoms with Gasteiger partial charge in [-0.05, 0) is 75.5 Å². The number of aliphatic hydroxyl groups is 1. The van der Waals surface area contributed by atoms with Gasteiger partial charge in [0.2, 0.25) is 0 Å². The summed E-state index contributed by atoms with van der Waals surface area (Å²) in [5, 5.41) is 13.5. The van der Waals surface area contributed by atoms with Gasteiger partial charge in [0.1, 0.15) is 0 Å². The molecule has 3 N–H and O–H groups in total. The zero-order valence-corrected chi connectivity index (χ0v) is 25.4. The quantitative estimate of drug-likeness (QED) is 0.180. The van der Waals surface area contributed by atoms with E-state index >= 15 is 0 Å². The molecule has 0 saturated carbocycles. The Morgan fingerprint density at radius 3 is 1.55 bits per heavy atom. The summed E-state index contributed by atoms with van der Waals surface area (Å²) in [6.45, 7) is 17.1. The van der Waals surface area contributed by atoms with E-state index in [1.54, 1.807) is 0 Å². The summed E-state index contributed by atoms with van der Waals surface area (Å²) in [6, 6.07) is 30.6. The molecule has 0 heterocycles. The number of aryl methyl sites for hydroxylation is 1. The SMILES string of the molecule is C=CC(CCNCCC(C)(CC)c1ccc(C)cc1)(c1ccccc1)c1ccccc1.CC.CNC.CO. The van der Waals surface area contributed by atoms with Crippen molar-refractivity contribution < 1.29 is 5.11 Å². The van der Waals surface area contributed by atoms with Crippen LogP contribution in [0.3, 0.4) is 0 Å². The molecule has 0 aliphatic carbocycles. The molecule has 0 fully saturated rings. The van der Waals surface area contributed by atoms with Gasteiger partial charge in [0.15, 0.2) is 0 Å². The summed E-state index contributed by atoms with van der Waals surface area (Å²) in [5.41, 5.74) is 5.39. The fourth-order valence-electron chi connectivity index (χ4n) is 4.52. The predicted molar refractivity (Wildman–Crippen MR) is 169 cm³/mol. The molecule has 0 amide bonds. The van der Waals surface area contributed by atoms with Crippen molar-refractivity contribution in [3.63, 3.8) is 0 Å². The van der Waals surface area contributed by atoms with E-state index < -0.39 is 0 Å². The van der Waals surface area contributed by atoms with Crippen molar-refractivity contribution in [1.82, 2.24) is 10.6 Å². The highest BCUT2D eigenvalue weighted by molar-refractivity contribution is 5.44. The van der Waals surface area contributed by atoms with E-state index in [2.05, 4.69) is 129 Å². The summed E-state index contributed by atoms with van der Waals surface area (Å²) in [4.78, 5) is 0. The molecule has 0 radical (unpaired) electrons. The minimum atomic E-state index is -0.180. The molecule has 1 unspecified atom stereocenters. The molecule has 0 spiro atoms. The van der Waals surface area contributed by atoms with Crippen molar-refractivity contribution in [3.8, 4) is 0 Å². The highest BCUT2D eigenvalue weighted by atomic mass is 16.2. The van der Waals surface area contributed by atoms with Gasteiger partial charge < -0.3 is 15.7 Å². The van der Waals surface area contributed by atoms with E-state index in [9.17, 15) is 0 Å². The summed E-state index contributed by atoms with van der Waals surface area (Å²) >= 11 is 0. The summed E-state index contributed by atoms with van der Waals surface area (Å²) < 4.78 is 0. The van der Waals surface area contributed by atoms with Gasteiger partial charge in [0.25, 0.3) is 0 Å². The molecule has 0 aliphatic heterocycles. The van der Waals surface area contributed by atoms with Crippen LogP contribution in [0.2, 0.25) is 0 Å². The van der Waals surface area contributed by atoms with Crippen molar-refractivity contribution >= 4 is 0 Å². The highest BCUT2D eigenvalue weighted by Crippen LogP contribution is 2.37. The molecule has 3 rings (SSSR count). The fraction of sp³-hybridized carbons (Fsp3) is 0.429. The zero-order chi connectivity index (χ0) is 28.9. The minimum absolute atomic E-state index is 0.180. The van der Waals surface area contributed by atoms with Gasteiger partial charge in [-0.3, -0.25) is 0 Å². The lowest BCUT2D eigenvalue weighted by Gasteiger charge is -2.33. The lowest BCUT2D eigenvalue weighted by Crippen LogP contribution is -2.33. The Kier molecular flexibility index (Phi) is 18.8. The van der Waals surface area contributed by atoms with Gasteiger partial charge in [-0.15, -0.1) is 6.58 Å². The van der Waals surface area contributed by atoms with Gasteiger partial charge in [0, 0.05) is 12.5 Å². The third-order valence-corrected chi connectivity index (χ3v) is 7.00. The van der Waals surface area contributed by atoms with Crippen molar-refractivity contribution in [2.24, 2.45) is 0 Å². The molecule has 3 heteroatoms. The van der Waals surface area contributed by atoms with Gasteiger partial charge in [0.05, 0.1) is 0 Å². The van der Waals surface area contributed by atoms with Gasteiger partial charge >= 0.3 is 0 Å². The normalized spacial score (nSPS) is 11.8. The summed E-state index contributed by atoms with van der Waals surface area (Å²) in [5.74, 6) is 0. The zero-order valence-electron chi connectivity index (χ0n) is 25.4. The Morgan fingerprint density at radius 2 is 1.16 bits per heavy atom. The van der Waals surface area contributed by atoms with Crippen molar-refractivity contribution in [1.29, 1.82) is 0 Å². The fourth-order valence-corrected chi connectivity index (χ4v) is 4.52. The summed E-state index contributed by atoms with van der Waals surface area (Å²) in [7, 11) is 4.75. The molecule has 0 aromatic heterocycles. The first kappa shape index (κ1) is 35.3. The van der Waals surface area contributed by atoms with E-state index in [0.29, 0.717) is 0 Å². The first-order valence-corrected chi connectivity index (χ1v) is 14.0. The summed E-state index contributed by atoms with van der Waals surface area (Å²) in [6.07, 6.45) is 5.38. The minimum Gasteiger partial charge on any atom is -0.400 e. The second-order valence-corrected chi connectivity index (χ2v) is 9.44. The van der Waals surface area contributed by atoms with Crippen LogP contribution in [0.4, 0.5) is 0 Å². The Hall–Kier alpha value is -2.72. The monoisotopic (exact) mass is 518 g/mol. The van der Waals surface area contributed by atoms with Gasteiger partial charge in [-0.25, -0.2) is 0 Å². The Labute approximate surface area is 234 Å². The number of nitrogens with one attached hydrogen (secondary N) is 2. The highest BCUT2D eigenvalue weighted by Gasteiger charge is 2.30. The molecular weight excluding hydrogens is 464 g/mol. The second kappa shape index (κ2) is 20.3. The first-order valence-electron chi connectivity index (χ1n) is 14.0. The number of aliphatic hydroxyl groups excluding tert-OH is 1. The van der Waals surface area contributed by atoms with Crippen molar-refractivity contribution in [3.05, 3.63) is 120 Å². The van der Waals surface area contributed by atoms with E-state index in [1.807, 2.05) is 27.9 Å². The number of benzene rings is 3. The van der Waals surface area contributed by atoms with E-state index in [0.717, 1.165) is 39.5 Å². The molecule has 3 nitrogen and oxygen atoms in total. The van der Waals surface area contributed by atoms with Crippen LogP contribution in [0.5, 0.6) is 0 Å². The van der Waals surface area contributed by atoms with Crippen LogP contribution in [-0.4, -0.2) is 39.4 Å². The molecular formula is C35H54N2O. The maximum atomic E-state index is 7.00. The van der Waals surface area contributed by atoms with Crippen LogP contribution >= 0.6 is 0 Å². The third kappa shape index (κ3) is 10.6. The average Bonchev–Trinajstić information content (AvgIpc) is 2.99. The van der Waals surface area contributed by atoms with Crippen LogP contribution in [0.25, 0.3) is 0 Å². The van der Waals surface area contributed by atoms with Crippen LogP contribution in [-0.2, 0) is 10.8 Å². The Bertz CT molecular complexity index is 915. The third-order valence-electron chi connectivity index (χ3n) is 7.00. The molecule has 3 aromatic rings. The number of hydrogen-bond acceptors (Lipinski definition) is 3. The van der Waals surface area contributed by atoms with Crippen LogP contribution in [0, 0.1) is 6.92 Å². The van der Waals surface area contributed by atoms with Crippen molar-refractivity contribution in [2.45, 2.75) is 64.7 Å². The second-order valence-electron chi connectivity index (χ2n) is 9.44. The van der Waals surface area contributed by atoms with E-state index in [-0.39, 0.29) is 10.8 Å². The molecule has 3 aromatic carbocycles. The topological polar surface area (TPSA) is 44.3 Å². The lowest BCUT2D eigenvalue weighted by molar-refractivity contribution is 0.399. The van der Waals surface area contributed by atoms with Crippen LogP contribution in [0.1, 0.15) is 69.2 Å². The van der Waals surface area contributed by atoms with Gasteiger partial charge in [-0.2, -0.15) is 0 Å². The number of allylic oxidation sites excluding steroid dienone is 1. The van der Waals surface area contributed by atoms with Crippen molar-refractivity contribution in [2.75, 3.05) is 34.3 Å². The van der Waals surface area contributed by atoms with E-state index in [1.165, 1.54) is 22.3 Å². The maximum absolute atomic E-state index is 7.00. The molecule has 210 valence electrons. The first-order chi connectivity index (χ1) is 18.5. The predicted octanol–water partition coefficient (Wildman–Crippen LogP) is 7.68. The van der Waals surface area contributed by atoms with Crippen LogP contribution in [0.15, 0.2) is 97.6 Å².